The average Bonchev–Trinajstić information content (AvgIpc) is 2.54. The summed E-state index contributed by atoms with van der Waals surface area (Å²) in [7, 11) is 1.81. The van der Waals surface area contributed by atoms with Gasteiger partial charge in [-0.25, -0.2) is 4.79 Å². The van der Waals surface area contributed by atoms with E-state index in [4.69, 9.17) is 4.74 Å². The Kier molecular flexibility index (Phi) is 3.09. The lowest BCUT2D eigenvalue weighted by atomic mass is 10.2. The molecular formula is C13H17N3O3. The smallest absolute Gasteiger partial charge is 0.412 e. The molecule has 19 heavy (non-hydrogen) atoms. The number of carbonyl (C=O) groups is 1. The third-order valence-corrected chi connectivity index (χ3v) is 2.55. The normalized spacial score (nSPS) is 11.6. The Labute approximate surface area is 110 Å². The van der Waals surface area contributed by atoms with E-state index in [0.29, 0.717) is 11.1 Å². The first-order valence-corrected chi connectivity index (χ1v) is 5.94. The zero-order valence-electron chi connectivity index (χ0n) is 11.4. The predicted molar refractivity (Wildman–Crippen MR) is 73.4 cm³/mol. The second-order valence-electron chi connectivity index (χ2n) is 5.35. The van der Waals surface area contributed by atoms with Crippen LogP contribution >= 0.6 is 0 Å². The van der Waals surface area contributed by atoms with E-state index in [-0.39, 0.29) is 5.56 Å². The van der Waals surface area contributed by atoms with Crippen LogP contribution < -0.4 is 10.9 Å². The molecule has 0 aliphatic rings. The number of aromatic nitrogens is 2. The van der Waals surface area contributed by atoms with Gasteiger partial charge in [-0.05, 0) is 26.8 Å². The molecule has 6 nitrogen and oxygen atoms in total. The van der Waals surface area contributed by atoms with Gasteiger partial charge in [0.05, 0.1) is 16.6 Å². The maximum atomic E-state index is 11.8. The molecule has 0 aliphatic carbocycles. The number of nitrogens with zero attached hydrogens (tertiary/aromatic N) is 1. The Balaban J connectivity index is 2.37. The molecule has 1 amide bonds. The van der Waals surface area contributed by atoms with Gasteiger partial charge in [0.1, 0.15) is 5.60 Å². The Hall–Kier alpha value is -2.24. The Morgan fingerprint density at radius 2 is 2.11 bits per heavy atom. The SMILES string of the molecule is Cn1cc(NC(=O)OC(C)(C)C)c2c(=O)[nH]ccc21. The number of ether oxygens (including phenoxy) is 1. The van der Waals surface area contributed by atoms with Crippen LogP contribution in [-0.2, 0) is 11.8 Å². The average molecular weight is 263 g/mol. The molecule has 0 aliphatic heterocycles. The molecule has 102 valence electrons. The van der Waals surface area contributed by atoms with Gasteiger partial charge in [0.15, 0.2) is 0 Å². The molecule has 2 aromatic heterocycles. The third kappa shape index (κ3) is 2.78. The molecule has 0 aromatic carbocycles. The molecule has 0 spiro atoms. The first kappa shape index (κ1) is 13.2. The van der Waals surface area contributed by atoms with Gasteiger partial charge in [-0.2, -0.15) is 0 Å². The summed E-state index contributed by atoms with van der Waals surface area (Å²) in [5.74, 6) is 0. The minimum atomic E-state index is -0.582. The van der Waals surface area contributed by atoms with Gasteiger partial charge in [-0.15, -0.1) is 0 Å². The number of aryl methyl sites for hydroxylation is 1. The van der Waals surface area contributed by atoms with E-state index < -0.39 is 11.7 Å². The van der Waals surface area contributed by atoms with Crippen molar-refractivity contribution in [2.24, 2.45) is 7.05 Å². The number of pyridine rings is 1. The lowest BCUT2D eigenvalue weighted by molar-refractivity contribution is 0.0636. The summed E-state index contributed by atoms with van der Waals surface area (Å²) in [6.07, 6.45) is 2.68. The van der Waals surface area contributed by atoms with E-state index in [0.717, 1.165) is 5.52 Å². The van der Waals surface area contributed by atoms with E-state index >= 15 is 0 Å². The number of fused-ring (bicyclic) bond motifs is 1. The second kappa shape index (κ2) is 4.46. The van der Waals surface area contributed by atoms with Crippen molar-refractivity contribution in [2.45, 2.75) is 26.4 Å². The summed E-state index contributed by atoms with van der Waals surface area (Å²) in [5, 5.41) is 3.04. The molecule has 0 atom stereocenters. The van der Waals surface area contributed by atoms with Crippen molar-refractivity contribution in [3.8, 4) is 0 Å². The number of hydrogen-bond acceptors (Lipinski definition) is 3. The maximum absolute atomic E-state index is 11.8. The highest BCUT2D eigenvalue weighted by Gasteiger charge is 2.18. The van der Waals surface area contributed by atoms with Gasteiger partial charge in [0.2, 0.25) is 0 Å². The van der Waals surface area contributed by atoms with Crippen LogP contribution in [0.15, 0.2) is 23.3 Å². The van der Waals surface area contributed by atoms with Gasteiger partial charge in [-0.3, -0.25) is 10.1 Å². The molecule has 0 radical (unpaired) electrons. The fourth-order valence-electron chi connectivity index (χ4n) is 1.86. The molecule has 2 heterocycles. The summed E-state index contributed by atoms with van der Waals surface area (Å²) >= 11 is 0. The Morgan fingerprint density at radius 1 is 1.42 bits per heavy atom. The maximum Gasteiger partial charge on any atom is 0.412 e. The fraction of sp³-hybridized carbons (Fsp3) is 0.385. The minimum absolute atomic E-state index is 0.246. The van der Waals surface area contributed by atoms with Crippen LogP contribution in [0.5, 0.6) is 0 Å². The van der Waals surface area contributed by atoms with Gasteiger partial charge in [-0.1, -0.05) is 0 Å². The van der Waals surface area contributed by atoms with Crippen molar-refractivity contribution in [3.63, 3.8) is 0 Å². The highest BCUT2D eigenvalue weighted by atomic mass is 16.6. The number of hydrogen-bond donors (Lipinski definition) is 2. The van der Waals surface area contributed by atoms with E-state index in [1.165, 1.54) is 0 Å². The zero-order valence-corrected chi connectivity index (χ0v) is 11.4. The highest BCUT2D eigenvalue weighted by Crippen LogP contribution is 2.22. The Bertz CT molecular complexity index is 676. The quantitative estimate of drug-likeness (QED) is 0.828. The van der Waals surface area contributed by atoms with E-state index in [1.807, 2.05) is 7.05 Å². The van der Waals surface area contributed by atoms with E-state index in [1.54, 1.807) is 43.8 Å². The van der Waals surface area contributed by atoms with Crippen LogP contribution in [-0.4, -0.2) is 21.2 Å². The van der Waals surface area contributed by atoms with Gasteiger partial charge in [0.25, 0.3) is 5.56 Å². The first-order chi connectivity index (χ1) is 8.78. The van der Waals surface area contributed by atoms with Crippen molar-refractivity contribution in [3.05, 3.63) is 28.8 Å². The largest absolute Gasteiger partial charge is 0.444 e. The number of carbonyl (C=O) groups excluding carboxylic acids is 1. The van der Waals surface area contributed by atoms with Crippen LogP contribution in [0.3, 0.4) is 0 Å². The molecule has 0 saturated carbocycles. The summed E-state index contributed by atoms with van der Waals surface area (Å²) in [4.78, 5) is 26.1. The van der Waals surface area contributed by atoms with Crippen molar-refractivity contribution in [1.29, 1.82) is 0 Å². The fourth-order valence-corrected chi connectivity index (χ4v) is 1.86. The number of nitrogens with one attached hydrogen (secondary N) is 2. The first-order valence-electron chi connectivity index (χ1n) is 5.94. The molecule has 2 N–H and O–H groups in total. The van der Waals surface area contributed by atoms with Crippen molar-refractivity contribution in [1.82, 2.24) is 9.55 Å². The molecule has 0 unspecified atom stereocenters. The number of rotatable bonds is 1. The molecule has 0 saturated heterocycles. The standard InChI is InChI=1S/C13H17N3O3/c1-13(2,3)19-12(18)15-8-7-16(4)9-5-6-14-11(17)10(8)9/h5-7H,1-4H3,(H,14,17)(H,15,18). The van der Waals surface area contributed by atoms with Crippen LogP contribution in [0, 0.1) is 0 Å². The monoisotopic (exact) mass is 263 g/mol. The van der Waals surface area contributed by atoms with Crippen molar-refractivity contribution < 1.29 is 9.53 Å². The van der Waals surface area contributed by atoms with Crippen LogP contribution in [0.25, 0.3) is 10.9 Å². The summed E-state index contributed by atoms with van der Waals surface area (Å²) < 4.78 is 6.94. The van der Waals surface area contributed by atoms with Gasteiger partial charge < -0.3 is 14.3 Å². The Morgan fingerprint density at radius 3 is 2.74 bits per heavy atom. The van der Waals surface area contributed by atoms with Crippen LogP contribution in [0.1, 0.15) is 20.8 Å². The minimum Gasteiger partial charge on any atom is -0.444 e. The highest BCUT2D eigenvalue weighted by molar-refractivity contribution is 5.99. The molecule has 2 aromatic rings. The topological polar surface area (TPSA) is 76.1 Å². The summed E-state index contributed by atoms with van der Waals surface area (Å²) in [6, 6.07) is 1.77. The summed E-state index contributed by atoms with van der Waals surface area (Å²) in [6.45, 7) is 5.34. The van der Waals surface area contributed by atoms with Crippen LogP contribution in [0.2, 0.25) is 0 Å². The van der Waals surface area contributed by atoms with Gasteiger partial charge in [0, 0.05) is 19.4 Å². The number of H-pyrrole nitrogens is 1. The van der Waals surface area contributed by atoms with E-state index in [2.05, 4.69) is 10.3 Å². The van der Waals surface area contributed by atoms with Gasteiger partial charge >= 0.3 is 6.09 Å². The van der Waals surface area contributed by atoms with Crippen molar-refractivity contribution in [2.75, 3.05) is 5.32 Å². The molecule has 6 heteroatoms. The molecule has 2 rings (SSSR count). The van der Waals surface area contributed by atoms with E-state index in [9.17, 15) is 9.59 Å². The molecular weight excluding hydrogens is 246 g/mol. The predicted octanol–water partition coefficient (Wildman–Crippen LogP) is 2.21. The van der Waals surface area contributed by atoms with Crippen LogP contribution in [0.4, 0.5) is 10.5 Å². The van der Waals surface area contributed by atoms with Crippen molar-refractivity contribution >= 4 is 22.7 Å². The number of aromatic amines is 1. The molecule has 0 bridgehead atoms. The lowest BCUT2D eigenvalue weighted by Crippen LogP contribution is -2.27. The molecule has 0 fully saturated rings. The number of amides is 1. The lowest BCUT2D eigenvalue weighted by Gasteiger charge is -2.19. The third-order valence-electron chi connectivity index (χ3n) is 2.55. The summed E-state index contributed by atoms with van der Waals surface area (Å²) in [5.41, 5.74) is 0.355. The zero-order chi connectivity index (χ0) is 14.2. The second-order valence-corrected chi connectivity index (χ2v) is 5.35. The number of anilines is 1.